The summed E-state index contributed by atoms with van der Waals surface area (Å²) in [5.41, 5.74) is -0.771. The van der Waals surface area contributed by atoms with Crippen LogP contribution < -0.4 is 0 Å². The summed E-state index contributed by atoms with van der Waals surface area (Å²) in [7, 11) is 0. The molecule has 1 aromatic heterocycles. The number of nitro benzene ring substituents is 1. The number of rotatable bonds is 2. The molecule has 1 N–H and O–H groups in total. The van der Waals surface area contributed by atoms with Crippen molar-refractivity contribution in [2.45, 2.75) is 6.18 Å². The lowest BCUT2D eigenvalue weighted by Crippen LogP contribution is -2.22. The summed E-state index contributed by atoms with van der Waals surface area (Å²) in [4.78, 5) is 23.4. The number of carbonyl (C=O) groups is 1. The van der Waals surface area contributed by atoms with Crippen LogP contribution in [-0.2, 0) is 0 Å². The van der Waals surface area contributed by atoms with Crippen LogP contribution in [0.2, 0.25) is 0 Å². The van der Waals surface area contributed by atoms with E-state index >= 15 is 0 Å². The summed E-state index contributed by atoms with van der Waals surface area (Å²) in [5.74, 6) is -2.03. The second kappa shape index (κ2) is 3.83. The number of aromatic amines is 1. The van der Waals surface area contributed by atoms with Gasteiger partial charge in [-0.3, -0.25) is 14.9 Å². The van der Waals surface area contributed by atoms with Crippen molar-refractivity contribution in [1.29, 1.82) is 0 Å². The Morgan fingerprint density at radius 1 is 1.33 bits per heavy atom. The zero-order chi connectivity index (χ0) is 13.5. The van der Waals surface area contributed by atoms with Gasteiger partial charge in [0, 0.05) is 29.2 Å². The monoisotopic (exact) mass is 258 g/mol. The molecule has 0 aliphatic rings. The van der Waals surface area contributed by atoms with E-state index in [1.54, 1.807) is 0 Å². The first-order valence-electron chi connectivity index (χ1n) is 4.68. The van der Waals surface area contributed by atoms with Crippen LogP contribution in [0.25, 0.3) is 10.9 Å². The maximum Gasteiger partial charge on any atom is 0.454 e. The number of benzene rings is 1. The Hall–Kier alpha value is -2.38. The van der Waals surface area contributed by atoms with Crippen molar-refractivity contribution in [3.05, 3.63) is 40.1 Å². The average molecular weight is 258 g/mol. The lowest BCUT2D eigenvalue weighted by Gasteiger charge is -2.03. The number of ketones is 1. The highest BCUT2D eigenvalue weighted by atomic mass is 19.4. The normalized spacial score (nSPS) is 11.7. The van der Waals surface area contributed by atoms with E-state index in [9.17, 15) is 28.1 Å². The molecule has 1 heterocycles. The lowest BCUT2D eigenvalue weighted by molar-refractivity contribution is -0.384. The SMILES string of the molecule is O=C(c1c[nH]c2ccc([N+](=O)[O-])cc12)C(F)(F)F. The van der Waals surface area contributed by atoms with Crippen LogP contribution in [0.3, 0.4) is 0 Å². The third kappa shape index (κ3) is 1.92. The van der Waals surface area contributed by atoms with Gasteiger partial charge in [-0.1, -0.05) is 0 Å². The molecule has 0 unspecified atom stereocenters. The second-order valence-corrected chi connectivity index (χ2v) is 3.52. The molecule has 0 amide bonds. The fraction of sp³-hybridized carbons (Fsp3) is 0.100. The van der Waals surface area contributed by atoms with Gasteiger partial charge in [0.15, 0.2) is 0 Å². The first-order chi connectivity index (χ1) is 8.30. The Bertz CT molecular complexity index is 645. The smallest absolute Gasteiger partial charge is 0.360 e. The molecule has 0 aliphatic carbocycles. The number of H-pyrrole nitrogens is 1. The van der Waals surface area contributed by atoms with E-state index in [0.29, 0.717) is 0 Å². The van der Waals surface area contributed by atoms with Crippen molar-refractivity contribution in [1.82, 2.24) is 4.98 Å². The fourth-order valence-corrected chi connectivity index (χ4v) is 1.56. The molecule has 2 rings (SSSR count). The van der Waals surface area contributed by atoms with Crippen molar-refractivity contribution in [2.75, 3.05) is 0 Å². The number of fused-ring (bicyclic) bond motifs is 1. The molecule has 0 aliphatic heterocycles. The first-order valence-corrected chi connectivity index (χ1v) is 4.68. The van der Waals surface area contributed by atoms with Crippen molar-refractivity contribution >= 4 is 22.4 Å². The number of nitrogens with zero attached hydrogens (tertiary/aromatic N) is 1. The van der Waals surface area contributed by atoms with Gasteiger partial charge in [0.1, 0.15) is 0 Å². The Morgan fingerprint density at radius 3 is 2.56 bits per heavy atom. The van der Waals surface area contributed by atoms with E-state index < -0.39 is 22.4 Å². The van der Waals surface area contributed by atoms with Crippen LogP contribution in [0.15, 0.2) is 24.4 Å². The van der Waals surface area contributed by atoms with E-state index in [0.717, 1.165) is 18.3 Å². The number of carbonyl (C=O) groups excluding carboxylic acids is 1. The number of halogens is 3. The Balaban J connectivity index is 2.62. The molecule has 94 valence electrons. The molecule has 0 saturated heterocycles. The van der Waals surface area contributed by atoms with Gasteiger partial charge in [-0.2, -0.15) is 13.2 Å². The molecule has 8 heteroatoms. The molecule has 0 fully saturated rings. The van der Waals surface area contributed by atoms with Crippen molar-refractivity contribution in [2.24, 2.45) is 0 Å². The van der Waals surface area contributed by atoms with Crippen LogP contribution in [0.5, 0.6) is 0 Å². The van der Waals surface area contributed by atoms with Gasteiger partial charge in [0.05, 0.1) is 10.5 Å². The van der Waals surface area contributed by atoms with Crippen LogP contribution >= 0.6 is 0 Å². The highest BCUT2D eigenvalue weighted by Crippen LogP contribution is 2.29. The molecule has 1 aromatic carbocycles. The zero-order valence-electron chi connectivity index (χ0n) is 8.62. The van der Waals surface area contributed by atoms with E-state index in [2.05, 4.69) is 4.98 Å². The van der Waals surface area contributed by atoms with E-state index in [-0.39, 0.29) is 16.6 Å². The first kappa shape index (κ1) is 12.1. The van der Waals surface area contributed by atoms with Crippen LogP contribution in [0, 0.1) is 10.1 Å². The number of nitrogens with one attached hydrogen (secondary N) is 1. The number of alkyl halides is 3. The molecule has 0 bridgehead atoms. The minimum absolute atomic E-state index is 0.119. The summed E-state index contributed by atoms with van der Waals surface area (Å²) in [6, 6.07) is 3.33. The van der Waals surface area contributed by atoms with Gasteiger partial charge in [-0.05, 0) is 6.07 Å². The van der Waals surface area contributed by atoms with E-state index in [1.807, 2.05) is 0 Å². The number of aromatic nitrogens is 1. The number of non-ortho nitro benzene ring substituents is 1. The van der Waals surface area contributed by atoms with Crippen LogP contribution in [0.4, 0.5) is 18.9 Å². The Kier molecular flexibility index (Phi) is 2.57. The van der Waals surface area contributed by atoms with Crippen molar-refractivity contribution in [3.8, 4) is 0 Å². The molecule has 2 aromatic rings. The second-order valence-electron chi connectivity index (χ2n) is 3.52. The van der Waals surface area contributed by atoms with Gasteiger partial charge in [-0.25, -0.2) is 0 Å². The summed E-state index contributed by atoms with van der Waals surface area (Å²) >= 11 is 0. The summed E-state index contributed by atoms with van der Waals surface area (Å²) in [5, 5.41) is 10.4. The molecular weight excluding hydrogens is 253 g/mol. The fourth-order valence-electron chi connectivity index (χ4n) is 1.56. The average Bonchev–Trinajstić information content (AvgIpc) is 2.68. The predicted octanol–water partition coefficient (Wildman–Crippen LogP) is 2.82. The van der Waals surface area contributed by atoms with Crippen molar-refractivity contribution in [3.63, 3.8) is 0 Å². The molecule has 0 saturated carbocycles. The number of Topliss-reactive ketones (excluding diaryl/α,β-unsaturated/α-hetero) is 1. The number of hydrogen-bond donors (Lipinski definition) is 1. The molecule has 5 nitrogen and oxygen atoms in total. The lowest BCUT2D eigenvalue weighted by atomic mass is 10.1. The third-order valence-corrected chi connectivity index (χ3v) is 2.38. The summed E-state index contributed by atoms with van der Waals surface area (Å²) < 4.78 is 36.9. The quantitative estimate of drug-likeness (QED) is 0.511. The highest BCUT2D eigenvalue weighted by molar-refractivity contribution is 6.10. The minimum Gasteiger partial charge on any atom is -0.360 e. The predicted molar refractivity (Wildman–Crippen MR) is 55.3 cm³/mol. The molecule has 0 spiro atoms. The van der Waals surface area contributed by atoms with Gasteiger partial charge >= 0.3 is 6.18 Å². The minimum atomic E-state index is -5.01. The number of nitro groups is 1. The van der Waals surface area contributed by atoms with E-state index in [4.69, 9.17) is 0 Å². The summed E-state index contributed by atoms with van der Waals surface area (Å²) in [6.45, 7) is 0. The van der Waals surface area contributed by atoms with Crippen molar-refractivity contribution < 1.29 is 22.9 Å². The number of hydrogen-bond acceptors (Lipinski definition) is 3. The van der Waals surface area contributed by atoms with Gasteiger partial charge in [0.2, 0.25) is 0 Å². The largest absolute Gasteiger partial charge is 0.454 e. The van der Waals surface area contributed by atoms with E-state index in [1.165, 1.54) is 6.07 Å². The molecular formula is C10H5F3N2O3. The van der Waals surface area contributed by atoms with Crippen LogP contribution in [0.1, 0.15) is 10.4 Å². The maximum absolute atomic E-state index is 12.3. The van der Waals surface area contributed by atoms with Gasteiger partial charge < -0.3 is 4.98 Å². The Morgan fingerprint density at radius 2 is 2.00 bits per heavy atom. The highest BCUT2D eigenvalue weighted by Gasteiger charge is 2.40. The van der Waals surface area contributed by atoms with Gasteiger partial charge in [0.25, 0.3) is 11.5 Å². The summed E-state index contributed by atoms with van der Waals surface area (Å²) in [6.07, 6.45) is -4.12. The molecule has 0 atom stereocenters. The maximum atomic E-state index is 12.3. The standard InChI is InChI=1S/C10H5F3N2O3/c11-10(12,13)9(16)7-4-14-8-2-1-5(15(17)18)3-6(7)8/h1-4,14H. The third-order valence-electron chi connectivity index (χ3n) is 2.38. The molecule has 18 heavy (non-hydrogen) atoms. The molecule has 0 radical (unpaired) electrons. The topological polar surface area (TPSA) is 76.0 Å². The zero-order valence-corrected chi connectivity index (χ0v) is 8.62. The van der Waals surface area contributed by atoms with Gasteiger partial charge in [-0.15, -0.1) is 0 Å². The van der Waals surface area contributed by atoms with Crippen LogP contribution in [-0.4, -0.2) is 21.9 Å². The Labute approximate surface area is 97.4 Å².